The summed E-state index contributed by atoms with van der Waals surface area (Å²) in [5.41, 5.74) is 0.120. The Bertz CT molecular complexity index is 620. The van der Waals surface area contributed by atoms with Crippen LogP contribution < -0.4 is 11.2 Å². The second kappa shape index (κ2) is 3.45. The lowest BCUT2D eigenvalue weighted by Crippen LogP contribution is -2.29. The Balaban J connectivity index is 2.30. The van der Waals surface area contributed by atoms with Crippen molar-refractivity contribution in [2.45, 2.75) is 18.9 Å². The van der Waals surface area contributed by atoms with Gasteiger partial charge in [0.25, 0.3) is 5.56 Å². The Morgan fingerprint density at radius 1 is 1.38 bits per heavy atom. The maximum Gasteiger partial charge on any atom is 0.329 e. The normalized spacial score (nSPS) is 15.2. The molecule has 1 aliphatic rings. The summed E-state index contributed by atoms with van der Waals surface area (Å²) in [5, 5.41) is 1.94. The van der Waals surface area contributed by atoms with Gasteiger partial charge in [0.2, 0.25) is 0 Å². The molecule has 0 atom stereocenters. The van der Waals surface area contributed by atoms with Gasteiger partial charge in [-0.05, 0) is 24.3 Å². The van der Waals surface area contributed by atoms with E-state index in [2.05, 4.69) is 4.98 Å². The zero-order valence-electron chi connectivity index (χ0n) is 8.47. The quantitative estimate of drug-likeness (QED) is 0.858. The van der Waals surface area contributed by atoms with E-state index in [1.165, 1.54) is 6.07 Å². The van der Waals surface area contributed by atoms with Crippen LogP contribution in [0.2, 0.25) is 0 Å². The molecule has 1 N–H and O–H groups in total. The fraction of sp³-hybridized carbons (Fsp3) is 0.273. The molecule has 3 rings (SSSR count). The zero-order valence-corrected chi connectivity index (χ0v) is 9.29. The second-order valence-electron chi connectivity index (χ2n) is 3.90. The van der Waals surface area contributed by atoms with Crippen LogP contribution in [0.4, 0.5) is 0 Å². The molecule has 0 unspecified atom stereocenters. The van der Waals surface area contributed by atoms with E-state index in [-0.39, 0.29) is 17.3 Å². The van der Waals surface area contributed by atoms with E-state index in [1.807, 2.05) is 17.5 Å². The minimum absolute atomic E-state index is 0.265. The minimum atomic E-state index is -0.328. The van der Waals surface area contributed by atoms with Gasteiger partial charge in [0.05, 0.1) is 10.6 Å². The van der Waals surface area contributed by atoms with Gasteiger partial charge in [0.15, 0.2) is 0 Å². The summed E-state index contributed by atoms with van der Waals surface area (Å²) in [4.78, 5) is 26.4. The van der Waals surface area contributed by atoms with Gasteiger partial charge in [0.1, 0.15) is 0 Å². The smallest absolute Gasteiger partial charge is 0.289 e. The molecule has 0 aliphatic heterocycles. The third-order valence-electron chi connectivity index (χ3n) is 2.66. The van der Waals surface area contributed by atoms with Gasteiger partial charge in [-0.2, -0.15) is 0 Å². The third kappa shape index (κ3) is 1.53. The number of nitrogens with one attached hydrogen (secondary N) is 1. The van der Waals surface area contributed by atoms with Gasteiger partial charge in [-0.25, -0.2) is 4.79 Å². The highest BCUT2D eigenvalue weighted by Gasteiger charge is 2.27. The van der Waals surface area contributed by atoms with Crippen molar-refractivity contribution in [2.24, 2.45) is 0 Å². The van der Waals surface area contributed by atoms with Gasteiger partial charge in [0, 0.05) is 12.1 Å². The number of aromatic nitrogens is 2. The fourth-order valence-electron chi connectivity index (χ4n) is 1.81. The minimum Gasteiger partial charge on any atom is -0.289 e. The number of nitrogens with zero attached hydrogens (tertiary/aromatic N) is 1. The van der Waals surface area contributed by atoms with Crippen LogP contribution >= 0.6 is 11.3 Å². The third-order valence-corrected chi connectivity index (χ3v) is 3.55. The topological polar surface area (TPSA) is 54.9 Å². The number of H-pyrrole nitrogens is 1. The average molecular weight is 234 g/mol. The summed E-state index contributed by atoms with van der Waals surface area (Å²) in [6.07, 6.45) is 2.04. The highest BCUT2D eigenvalue weighted by Crippen LogP contribution is 2.37. The Kier molecular flexibility index (Phi) is 2.07. The lowest BCUT2D eigenvalue weighted by atomic mass is 10.3. The zero-order chi connectivity index (χ0) is 11.1. The summed E-state index contributed by atoms with van der Waals surface area (Å²) >= 11 is 1.54. The summed E-state index contributed by atoms with van der Waals surface area (Å²) in [5.74, 6) is 0. The van der Waals surface area contributed by atoms with Crippen LogP contribution in [-0.4, -0.2) is 9.55 Å². The Morgan fingerprint density at radius 2 is 2.19 bits per heavy atom. The summed E-state index contributed by atoms with van der Waals surface area (Å²) in [7, 11) is 0. The molecule has 2 aromatic rings. The Morgan fingerprint density at radius 3 is 2.81 bits per heavy atom. The molecule has 1 aliphatic carbocycles. The van der Waals surface area contributed by atoms with Crippen molar-refractivity contribution in [3.8, 4) is 10.6 Å². The van der Waals surface area contributed by atoms with Crippen LogP contribution in [0.3, 0.4) is 0 Å². The van der Waals surface area contributed by atoms with Crippen LogP contribution in [-0.2, 0) is 0 Å². The largest absolute Gasteiger partial charge is 0.329 e. The highest BCUT2D eigenvalue weighted by atomic mass is 32.1. The summed E-state index contributed by atoms with van der Waals surface area (Å²) in [6, 6.07) is 5.62. The fourth-order valence-corrected chi connectivity index (χ4v) is 2.55. The van der Waals surface area contributed by atoms with Crippen molar-refractivity contribution in [1.29, 1.82) is 0 Å². The molecule has 0 aromatic carbocycles. The van der Waals surface area contributed by atoms with Gasteiger partial charge < -0.3 is 0 Å². The van der Waals surface area contributed by atoms with Crippen molar-refractivity contribution < 1.29 is 0 Å². The molecule has 4 nitrogen and oxygen atoms in total. The molecule has 16 heavy (non-hydrogen) atoms. The lowest BCUT2D eigenvalue weighted by molar-refractivity contribution is 0.685. The molecular formula is C11H10N2O2S. The first-order valence-electron chi connectivity index (χ1n) is 5.15. The molecule has 0 bridgehead atoms. The molecule has 2 heterocycles. The molecule has 82 valence electrons. The monoisotopic (exact) mass is 234 g/mol. The van der Waals surface area contributed by atoms with E-state index < -0.39 is 0 Å². The Labute approximate surface area is 95.2 Å². The average Bonchev–Trinajstić information content (AvgIpc) is 2.92. The summed E-state index contributed by atoms with van der Waals surface area (Å²) in [6.45, 7) is 0. The van der Waals surface area contributed by atoms with E-state index in [0.717, 1.165) is 23.4 Å². The Hall–Kier alpha value is -1.62. The van der Waals surface area contributed by atoms with E-state index in [4.69, 9.17) is 0 Å². The lowest BCUT2D eigenvalue weighted by Gasteiger charge is -2.08. The van der Waals surface area contributed by atoms with Crippen molar-refractivity contribution >= 4 is 11.3 Å². The predicted molar refractivity (Wildman–Crippen MR) is 62.9 cm³/mol. The SMILES string of the molecule is O=c1cc(-c2cccs2)n(C2CC2)c(=O)[nH]1. The standard InChI is InChI=1S/C11H10N2O2S/c14-10-6-8(9-2-1-5-16-9)13(7-3-4-7)11(15)12-10/h1-2,5-7H,3-4H2,(H,12,14,15). The molecule has 0 spiro atoms. The molecule has 1 fully saturated rings. The van der Waals surface area contributed by atoms with Gasteiger partial charge in [-0.3, -0.25) is 14.3 Å². The van der Waals surface area contributed by atoms with Crippen LogP contribution in [0.5, 0.6) is 0 Å². The first kappa shape index (κ1) is 9.59. The van der Waals surface area contributed by atoms with Crippen molar-refractivity contribution in [3.05, 3.63) is 44.4 Å². The van der Waals surface area contributed by atoms with Crippen molar-refractivity contribution in [1.82, 2.24) is 9.55 Å². The molecule has 0 amide bonds. The maximum absolute atomic E-state index is 11.7. The van der Waals surface area contributed by atoms with Crippen LogP contribution in [0.1, 0.15) is 18.9 Å². The molecule has 1 saturated carbocycles. The van der Waals surface area contributed by atoms with E-state index in [0.29, 0.717) is 0 Å². The number of rotatable bonds is 2. The predicted octanol–water partition coefficient (Wildman–Crippen LogP) is 1.60. The van der Waals surface area contributed by atoms with E-state index in [9.17, 15) is 9.59 Å². The first-order chi connectivity index (χ1) is 7.75. The van der Waals surface area contributed by atoms with E-state index >= 15 is 0 Å². The van der Waals surface area contributed by atoms with Crippen LogP contribution in [0.15, 0.2) is 33.2 Å². The maximum atomic E-state index is 11.7. The van der Waals surface area contributed by atoms with Crippen molar-refractivity contribution in [2.75, 3.05) is 0 Å². The first-order valence-corrected chi connectivity index (χ1v) is 6.03. The summed E-state index contributed by atoms with van der Waals surface area (Å²) < 4.78 is 1.70. The molecular weight excluding hydrogens is 224 g/mol. The molecule has 0 saturated heterocycles. The van der Waals surface area contributed by atoms with Gasteiger partial charge in [-0.1, -0.05) is 6.07 Å². The van der Waals surface area contributed by atoms with Crippen LogP contribution in [0.25, 0.3) is 10.6 Å². The van der Waals surface area contributed by atoms with Crippen LogP contribution in [0, 0.1) is 0 Å². The number of aromatic amines is 1. The molecule has 2 aromatic heterocycles. The van der Waals surface area contributed by atoms with Gasteiger partial charge in [-0.15, -0.1) is 11.3 Å². The number of hydrogen-bond donors (Lipinski definition) is 1. The highest BCUT2D eigenvalue weighted by molar-refractivity contribution is 7.13. The van der Waals surface area contributed by atoms with Crippen molar-refractivity contribution in [3.63, 3.8) is 0 Å². The van der Waals surface area contributed by atoms with E-state index in [1.54, 1.807) is 15.9 Å². The second-order valence-corrected chi connectivity index (χ2v) is 4.85. The molecule has 0 radical (unpaired) electrons. The number of thiophene rings is 1. The molecule has 5 heteroatoms. The number of hydrogen-bond acceptors (Lipinski definition) is 3. The van der Waals surface area contributed by atoms with Gasteiger partial charge >= 0.3 is 5.69 Å².